The van der Waals surface area contributed by atoms with Crippen LogP contribution in [0.2, 0.25) is 0 Å². The first-order valence-electron chi connectivity index (χ1n) is 5.17. The molecule has 2 aromatic rings. The van der Waals surface area contributed by atoms with Gasteiger partial charge in [0.25, 0.3) is 0 Å². The van der Waals surface area contributed by atoms with Crippen LogP contribution in [0.1, 0.15) is 24.8 Å². The second-order valence-electron chi connectivity index (χ2n) is 4.17. The second-order valence-corrected chi connectivity index (χ2v) is 4.17. The number of aromatic amines is 1. The van der Waals surface area contributed by atoms with Crippen molar-refractivity contribution < 1.29 is 4.74 Å². The largest absolute Gasteiger partial charge is 0.480 e. The lowest BCUT2D eigenvalue weighted by molar-refractivity contribution is 0.402. The van der Waals surface area contributed by atoms with E-state index in [1.54, 1.807) is 7.11 Å². The van der Waals surface area contributed by atoms with Crippen LogP contribution < -0.4 is 4.74 Å². The predicted molar refractivity (Wildman–Crippen MR) is 57.0 cm³/mol. The summed E-state index contributed by atoms with van der Waals surface area (Å²) in [6.07, 6.45) is 4.82. The van der Waals surface area contributed by atoms with Crippen LogP contribution in [-0.2, 0) is 0 Å². The Kier molecular flexibility index (Phi) is 1.71. The van der Waals surface area contributed by atoms with E-state index in [2.05, 4.69) is 21.9 Å². The maximum atomic E-state index is 5.27. The zero-order valence-corrected chi connectivity index (χ0v) is 8.82. The molecule has 1 saturated carbocycles. The average Bonchev–Trinajstić information content (AvgIpc) is 2.82. The predicted octanol–water partition coefficient (Wildman–Crippen LogP) is 2.09. The summed E-state index contributed by atoms with van der Waals surface area (Å²) in [5, 5.41) is 1.05. The number of aromatic nitrogens is 3. The number of hydrogen-bond donors (Lipinski definition) is 1. The third kappa shape index (κ3) is 1.21. The van der Waals surface area contributed by atoms with Crippen LogP contribution >= 0.6 is 0 Å². The molecule has 0 aromatic carbocycles. The molecule has 15 heavy (non-hydrogen) atoms. The molecular weight excluding hydrogens is 190 g/mol. The van der Waals surface area contributed by atoms with Crippen LogP contribution in [0.3, 0.4) is 0 Å². The topological polar surface area (TPSA) is 50.8 Å². The zero-order valence-electron chi connectivity index (χ0n) is 8.82. The van der Waals surface area contributed by atoms with Gasteiger partial charge in [-0.25, -0.2) is 9.97 Å². The lowest BCUT2D eigenvalue weighted by Crippen LogP contribution is -1.91. The Bertz CT molecular complexity index is 506. The summed E-state index contributed by atoms with van der Waals surface area (Å²) in [5.74, 6) is 2.10. The van der Waals surface area contributed by atoms with Gasteiger partial charge in [-0.3, -0.25) is 0 Å². The molecular formula is C11H13N3O. The van der Waals surface area contributed by atoms with Gasteiger partial charge < -0.3 is 9.72 Å². The first-order chi connectivity index (χ1) is 7.31. The van der Waals surface area contributed by atoms with Crippen LogP contribution in [0.5, 0.6) is 5.88 Å². The maximum absolute atomic E-state index is 5.27. The van der Waals surface area contributed by atoms with E-state index in [-0.39, 0.29) is 0 Å². The highest BCUT2D eigenvalue weighted by atomic mass is 16.5. The smallest absolute Gasteiger partial charge is 0.226 e. The maximum Gasteiger partial charge on any atom is 0.226 e. The second kappa shape index (κ2) is 2.95. The first kappa shape index (κ1) is 8.71. The van der Waals surface area contributed by atoms with Gasteiger partial charge in [-0.15, -0.1) is 0 Å². The molecule has 4 nitrogen and oxygen atoms in total. The molecule has 0 saturated heterocycles. The van der Waals surface area contributed by atoms with Gasteiger partial charge in [-0.1, -0.05) is 6.92 Å². The summed E-state index contributed by atoms with van der Waals surface area (Å²) in [4.78, 5) is 11.5. The third-order valence-electron chi connectivity index (χ3n) is 3.17. The lowest BCUT2D eigenvalue weighted by atomic mass is 10.1. The fourth-order valence-electron chi connectivity index (χ4n) is 2.16. The highest BCUT2D eigenvalue weighted by Gasteiger charge is 2.36. The highest BCUT2D eigenvalue weighted by Crippen LogP contribution is 2.49. The molecule has 0 aliphatic heterocycles. The highest BCUT2D eigenvalue weighted by molar-refractivity contribution is 5.85. The minimum absolute atomic E-state index is 0.652. The molecule has 0 amide bonds. The van der Waals surface area contributed by atoms with E-state index in [1.807, 2.05) is 6.20 Å². The van der Waals surface area contributed by atoms with Crippen molar-refractivity contribution in [3.8, 4) is 5.88 Å². The lowest BCUT2D eigenvalue weighted by Gasteiger charge is -2.01. The molecule has 1 aliphatic carbocycles. The number of hydrogen-bond acceptors (Lipinski definition) is 3. The molecule has 2 heterocycles. The van der Waals surface area contributed by atoms with Gasteiger partial charge in [0, 0.05) is 6.20 Å². The Morgan fingerprint density at radius 2 is 2.27 bits per heavy atom. The van der Waals surface area contributed by atoms with Crippen molar-refractivity contribution in [2.24, 2.45) is 5.92 Å². The number of fused-ring (bicyclic) bond motifs is 1. The Morgan fingerprint density at radius 1 is 1.47 bits per heavy atom. The van der Waals surface area contributed by atoms with Gasteiger partial charge >= 0.3 is 0 Å². The van der Waals surface area contributed by atoms with Crippen LogP contribution in [-0.4, -0.2) is 22.1 Å². The summed E-state index contributed by atoms with van der Waals surface area (Å²) in [5.41, 5.74) is 2.17. The Morgan fingerprint density at radius 3 is 2.93 bits per heavy atom. The van der Waals surface area contributed by atoms with Gasteiger partial charge in [0.05, 0.1) is 12.5 Å². The van der Waals surface area contributed by atoms with Gasteiger partial charge in [-0.2, -0.15) is 0 Å². The molecule has 4 heteroatoms. The van der Waals surface area contributed by atoms with Crippen LogP contribution in [0, 0.1) is 5.92 Å². The molecule has 0 bridgehead atoms. The van der Waals surface area contributed by atoms with E-state index in [4.69, 9.17) is 4.74 Å². The Labute approximate surface area is 87.7 Å². The van der Waals surface area contributed by atoms with Gasteiger partial charge in [0.2, 0.25) is 5.88 Å². The number of nitrogens with one attached hydrogen (secondary N) is 1. The summed E-state index contributed by atoms with van der Waals surface area (Å²) in [6.45, 7) is 2.26. The molecule has 1 fully saturated rings. The molecule has 2 unspecified atom stereocenters. The van der Waals surface area contributed by atoms with E-state index in [1.165, 1.54) is 18.3 Å². The number of methoxy groups -OCH3 is 1. The number of rotatable bonds is 2. The van der Waals surface area contributed by atoms with Crippen molar-refractivity contribution in [2.75, 3.05) is 7.11 Å². The van der Waals surface area contributed by atoms with Gasteiger partial charge in [0.1, 0.15) is 12.0 Å². The van der Waals surface area contributed by atoms with E-state index in [0.29, 0.717) is 11.8 Å². The monoisotopic (exact) mass is 203 g/mol. The molecule has 1 aliphatic rings. The molecule has 2 aromatic heterocycles. The van der Waals surface area contributed by atoms with Gasteiger partial charge in [-0.05, 0) is 23.8 Å². The molecule has 3 rings (SSSR count). The SMILES string of the molecule is COc1ncnc2[nH]cc(C3CC3C)c12. The van der Waals surface area contributed by atoms with Crippen molar-refractivity contribution >= 4 is 11.0 Å². The number of H-pyrrole nitrogens is 1. The van der Waals surface area contributed by atoms with Crippen LogP contribution in [0.4, 0.5) is 0 Å². The summed E-state index contributed by atoms with van der Waals surface area (Å²) in [7, 11) is 1.65. The molecule has 0 spiro atoms. The minimum atomic E-state index is 0.652. The van der Waals surface area contributed by atoms with Crippen molar-refractivity contribution in [3.63, 3.8) is 0 Å². The fraction of sp³-hybridized carbons (Fsp3) is 0.455. The number of nitrogens with zero attached hydrogens (tertiary/aromatic N) is 2. The minimum Gasteiger partial charge on any atom is -0.480 e. The zero-order chi connectivity index (χ0) is 10.4. The molecule has 2 atom stereocenters. The number of ether oxygens (including phenoxy) is 1. The summed E-state index contributed by atoms with van der Waals surface area (Å²) in [6, 6.07) is 0. The summed E-state index contributed by atoms with van der Waals surface area (Å²) < 4.78 is 5.27. The van der Waals surface area contributed by atoms with E-state index in [9.17, 15) is 0 Å². The van der Waals surface area contributed by atoms with Crippen molar-refractivity contribution in [2.45, 2.75) is 19.3 Å². The first-order valence-corrected chi connectivity index (χ1v) is 5.17. The van der Waals surface area contributed by atoms with E-state index >= 15 is 0 Å². The Balaban J connectivity index is 2.22. The Hall–Kier alpha value is -1.58. The quantitative estimate of drug-likeness (QED) is 0.813. The van der Waals surface area contributed by atoms with Crippen molar-refractivity contribution in [1.29, 1.82) is 0 Å². The standard InChI is InChI=1S/C11H13N3O/c1-6-3-7(6)8-4-12-10-9(8)11(15-2)14-5-13-10/h4-7H,3H2,1-2H3,(H,12,13,14). The molecule has 1 N–H and O–H groups in total. The van der Waals surface area contributed by atoms with Gasteiger partial charge in [0.15, 0.2) is 0 Å². The van der Waals surface area contributed by atoms with Crippen LogP contribution in [0.15, 0.2) is 12.5 Å². The van der Waals surface area contributed by atoms with E-state index < -0.39 is 0 Å². The third-order valence-corrected chi connectivity index (χ3v) is 3.17. The fourth-order valence-corrected chi connectivity index (χ4v) is 2.16. The normalized spacial score (nSPS) is 24.4. The molecule has 78 valence electrons. The van der Waals surface area contributed by atoms with E-state index in [0.717, 1.165) is 17.0 Å². The summed E-state index contributed by atoms with van der Waals surface area (Å²) >= 11 is 0. The molecule has 0 radical (unpaired) electrons. The average molecular weight is 203 g/mol. The van der Waals surface area contributed by atoms with Crippen LogP contribution in [0.25, 0.3) is 11.0 Å². The van der Waals surface area contributed by atoms with Crippen molar-refractivity contribution in [1.82, 2.24) is 15.0 Å². The van der Waals surface area contributed by atoms with Crippen molar-refractivity contribution in [3.05, 3.63) is 18.1 Å².